The summed E-state index contributed by atoms with van der Waals surface area (Å²) >= 11 is 0. The number of sulfonamides is 1. The van der Waals surface area contributed by atoms with Crippen LogP contribution in [0.4, 0.5) is 0 Å². The highest BCUT2D eigenvalue weighted by Crippen LogP contribution is 2.28. The van der Waals surface area contributed by atoms with Gasteiger partial charge >= 0.3 is 5.76 Å². The molecule has 0 saturated carbocycles. The lowest BCUT2D eigenvalue weighted by Gasteiger charge is -2.37. The Kier molecular flexibility index (Phi) is 2.75. The molecule has 3 aromatic rings. The van der Waals surface area contributed by atoms with Crippen molar-refractivity contribution in [3.05, 3.63) is 47.2 Å². The molecule has 0 aliphatic carbocycles. The summed E-state index contributed by atoms with van der Waals surface area (Å²) in [7, 11) is -3.59. The number of benzene rings is 1. The van der Waals surface area contributed by atoms with E-state index in [1.165, 1.54) is 22.5 Å². The van der Waals surface area contributed by atoms with Crippen LogP contribution in [0.3, 0.4) is 0 Å². The lowest BCUT2D eigenvalue weighted by atomic mass is 10.2. The molecule has 1 saturated heterocycles. The first kappa shape index (κ1) is 13.3. The Morgan fingerprint density at radius 1 is 1.32 bits per heavy atom. The number of nitrogens with one attached hydrogen (secondary N) is 1. The Hall–Kier alpha value is -2.39. The lowest BCUT2D eigenvalue weighted by Crippen LogP contribution is -2.50. The van der Waals surface area contributed by atoms with Gasteiger partial charge in [-0.2, -0.15) is 9.40 Å². The number of hydrogen-bond donors (Lipinski definition) is 1. The minimum absolute atomic E-state index is 0.0543. The van der Waals surface area contributed by atoms with E-state index < -0.39 is 15.8 Å². The molecule has 0 atom stereocenters. The highest BCUT2D eigenvalue weighted by atomic mass is 32.2. The summed E-state index contributed by atoms with van der Waals surface area (Å²) < 4.78 is 33.1. The van der Waals surface area contributed by atoms with E-state index in [2.05, 4.69) is 10.1 Å². The third kappa shape index (κ3) is 1.97. The van der Waals surface area contributed by atoms with Crippen LogP contribution < -0.4 is 5.76 Å². The summed E-state index contributed by atoms with van der Waals surface area (Å²) in [5.74, 6) is -0.604. The summed E-state index contributed by atoms with van der Waals surface area (Å²) in [6.07, 6.45) is 3.48. The summed E-state index contributed by atoms with van der Waals surface area (Å²) in [5.41, 5.74) is 0.706. The molecule has 1 aliphatic rings. The highest BCUT2D eigenvalue weighted by molar-refractivity contribution is 7.89. The van der Waals surface area contributed by atoms with E-state index in [9.17, 15) is 13.2 Å². The zero-order valence-corrected chi connectivity index (χ0v) is 12.2. The molecular weight excluding hydrogens is 308 g/mol. The Labute approximate surface area is 125 Å². The number of aromatic nitrogens is 3. The molecule has 8 nitrogen and oxygen atoms in total. The van der Waals surface area contributed by atoms with Gasteiger partial charge in [0.25, 0.3) is 0 Å². The first-order valence-corrected chi connectivity index (χ1v) is 8.10. The average molecular weight is 320 g/mol. The van der Waals surface area contributed by atoms with Gasteiger partial charge in [0.1, 0.15) is 0 Å². The van der Waals surface area contributed by atoms with Gasteiger partial charge in [0.15, 0.2) is 5.58 Å². The maximum atomic E-state index is 12.5. The van der Waals surface area contributed by atoms with Crippen LogP contribution in [0.2, 0.25) is 0 Å². The van der Waals surface area contributed by atoms with Crippen molar-refractivity contribution >= 4 is 21.1 Å². The molecule has 3 heterocycles. The number of rotatable bonds is 3. The largest absolute Gasteiger partial charge is 0.417 e. The maximum Gasteiger partial charge on any atom is 0.417 e. The number of H-pyrrole nitrogens is 1. The predicted molar refractivity (Wildman–Crippen MR) is 76.9 cm³/mol. The standard InChI is InChI=1S/C13H12N4O4S/c18-13-15-11-3-2-10(6-12(11)21-13)22(19,20)16-7-9(8-16)17-5-1-4-14-17/h1-6,9H,7-8H2,(H,15,18). The minimum atomic E-state index is -3.59. The smallest absolute Gasteiger partial charge is 0.408 e. The molecule has 9 heteroatoms. The number of fused-ring (bicyclic) bond motifs is 1. The van der Waals surface area contributed by atoms with E-state index in [1.807, 2.05) is 6.20 Å². The van der Waals surface area contributed by atoms with Gasteiger partial charge in [0.05, 0.1) is 16.5 Å². The molecule has 4 rings (SSSR count). The molecule has 0 amide bonds. The number of hydrogen-bond acceptors (Lipinski definition) is 5. The van der Waals surface area contributed by atoms with Crippen molar-refractivity contribution in [2.75, 3.05) is 13.1 Å². The van der Waals surface area contributed by atoms with Crippen LogP contribution in [0.5, 0.6) is 0 Å². The van der Waals surface area contributed by atoms with Gasteiger partial charge in [-0.05, 0) is 18.2 Å². The summed E-state index contributed by atoms with van der Waals surface area (Å²) in [4.78, 5) is 13.7. The average Bonchev–Trinajstić information content (AvgIpc) is 3.03. The third-order valence-corrected chi connectivity index (χ3v) is 5.59. The summed E-state index contributed by atoms with van der Waals surface area (Å²) in [5, 5.41) is 4.11. The first-order valence-electron chi connectivity index (χ1n) is 6.66. The Balaban J connectivity index is 1.61. The molecular formula is C13H12N4O4S. The van der Waals surface area contributed by atoms with Crippen LogP contribution in [0, 0.1) is 0 Å². The molecule has 2 aromatic heterocycles. The lowest BCUT2D eigenvalue weighted by molar-refractivity contribution is 0.191. The Morgan fingerprint density at radius 3 is 2.86 bits per heavy atom. The van der Waals surface area contributed by atoms with Crippen molar-refractivity contribution in [2.45, 2.75) is 10.9 Å². The van der Waals surface area contributed by atoms with Gasteiger partial charge in [-0.3, -0.25) is 9.67 Å². The molecule has 0 bridgehead atoms. The Bertz CT molecular complexity index is 981. The first-order chi connectivity index (χ1) is 10.5. The van der Waals surface area contributed by atoms with Gasteiger partial charge in [-0.25, -0.2) is 13.2 Å². The van der Waals surface area contributed by atoms with E-state index in [0.29, 0.717) is 18.6 Å². The van der Waals surface area contributed by atoms with Crippen LogP contribution in [0.25, 0.3) is 11.1 Å². The van der Waals surface area contributed by atoms with Crippen LogP contribution in [-0.2, 0) is 10.0 Å². The molecule has 1 aliphatic heterocycles. The monoisotopic (exact) mass is 320 g/mol. The fourth-order valence-electron chi connectivity index (χ4n) is 2.51. The minimum Gasteiger partial charge on any atom is -0.408 e. The van der Waals surface area contributed by atoms with Gasteiger partial charge in [0, 0.05) is 31.5 Å². The van der Waals surface area contributed by atoms with Gasteiger partial charge in [0.2, 0.25) is 10.0 Å². The molecule has 114 valence electrons. The molecule has 0 radical (unpaired) electrons. The molecule has 1 fully saturated rings. The predicted octanol–water partition coefficient (Wildman–Crippen LogP) is 0.563. The molecule has 1 N–H and O–H groups in total. The normalized spacial score (nSPS) is 16.9. The van der Waals surface area contributed by atoms with Crippen molar-refractivity contribution in [1.82, 2.24) is 19.1 Å². The molecule has 1 aromatic carbocycles. The van der Waals surface area contributed by atoms with Crippen LogP contribution in [0.15, 0.2) is 50.8 Å². The van der Waals surface area contributed by atoms with Gasteiger partial charge < -0.3 is 4.42 Å². The second-order valence-corrected chi connectivity index (χ2v) is 7.07. The maximum absolute atomic E-state index is 12.5. The van der Waals surface area contributed by atoms with E-state index in [4.69, 9.17) is 4.42 Å². The second-order valence-electron chi connectivity index (χ2n) is 5.13. The number of nitrogens with zero attached hydrogens (tertiary/aromatic N) is 3. The molecule has 0 spiro atoms. The fourth-order valence-corrected chi connectivity index (χ4v) is 4.04. The number of oxazole rings is 1. The van der Waals surface area contributed by atoms with Crippen LogP contribution in [0.1, 0.15) is 6.04 Å². The zero-order chi connectivity index (χ0) is 15.3. The molecule has 22 heavy (non-hydrogen) atoms. The van der Waals surface area contributed by atoms with E-state index in [-0.39, 0.29) is 16.5 Å². The fraction of sp³-hybridized carbons (Fsp3) is 0.231. The van der Waals surface area contributed by atoms with Gasteiger partial charge in [-0.15, -0.1) is 0 Å². The Morgan fingerprint density at radius 2 is 2.14 bits per heavy atom. The van der Waals surface area contributed by atoms with E-state index in [0.717, 1.165) is 0 Å². The SMILES string of the molecule is O=c1[nH]c2ccc(S(=O)(=O)N3CC(n4cccn4)C3)cc2o1. The van der Waals surface area contributed by atoms with Crippen molar-refractivity contribution < 1.29 is 12.8 Å². The summed E-state index contributed by atoms with van der Waals surface area (Å²) in [6.45, 7) is 0.748. The number of aromatic amines is 1. The topological polar surface area (TPSA) is 101 Å². The van der Waals surface area contributed by atoms with Crippen molar-refractivity contribution in [1.29, 1.82) is 0 Å². The zero-order valence-electron chi connectivity index (χ0n) is 11.3. The summed E-state index contributed by atoms with van der Waals surface area (Å²) in [6, 6.07) is 6.21. The molecule has 0 unspecified atom stereocenters. The third-order valence-electron chi connectivity index (χ3n) is 3.76. The second kappa shape index (κ2) is 4.55. The van der Waals surface area contributed by atoms with E-state index >= 15 is 0 Å². The van der Waals surface area contributed by atoms with E-state index in [1.54, 1.807) is 16.9 Å². The van der Waals surface area contributed by atoms with Crippen molar-refractivity contribution in [3.8, 4) is 0 Å². The van der Waals surface area contributed by atoms with Crippen molar-refractivity contribution in [2.24, 2.45) is 0 Å². The van der Waals surface area contributed by atoms with Crippen LogP contribution in [-0.4, -0.2) is 40.6 Å². The highest BCUT2D eigenvalue weighted by Gasteiger charge is 2.38. The van der Waals surface area contributed by atoms with Gasteiger partial charge in [-0.1, -0.05) is 0 Å². The van der Waals surface area contributed by atoms with Crippen molar-refractivity contribution in [3.63, 3.8) is 0 Å². The quantitative estimate of drug-likeness (QED) is 0.760. The van der Waals surface area contributed by atoms with Crippen LogP contribution >= 0.6 is 0 Å².